The highest BCUT2D eigenvalue weighted by Crippen LogP contribution is 2.35. The molecule has 0 radical (unpaired) electrons. The monoisotopic (exact) mass is 366 g/mol. The molecule has 0 aliphatic rings. The molecule has 1 N–H and O–H groups in total. The van der Waals surface area contributed by atoms with Crippen molar-refractivity contribution in [2.24, 2.45) is 0 Å². The molecule has 0 bridgehead atoms. The molecule has 2 aromatic carbocycles. The number of hydrogen-bond donors (Lipinski definition) is 1. The van der Waals surface area contributed by atoms with Gasteiger partial charge in [0.1, 0.15) is 5.82 Å². The molecule has 0 saturated heterocycles. The van der Waals surface area contributed by atoms with Gasteiger partial charge in [0, 0.05) is 23.5 Å². The number of nitrogens with one attached hydrogen (secondary N) is 1. The summed E-state index contributed by atoms with van der Waals surface area (Å²) in [4.78, 5) is 13.3. The highest BCUT2D eigenvalue weighted by atomic mass is 35.5. The fourth-order valence-electron chi connectivity index (χ4n) is 2.57. The number of rotatable bonds is 3. The van der Waals surface area contributed by atoms with Gasteiger partial charge in [-0.05, 0) is 36.4 Å². The van der Waals surface area contributed by atoms with E-state index in [1.807, 2.05) is 36.4 Å². The van der Waals surface area contributed by atoms with Crippen LogP contribution in [0.1, 0.15) is 0 Å². The average molecular weight is 367 g/mol. The minimum atomic E-state index is 0.478. The van der Waals surface area contributed by atoms with E-state index in [4.69, 9.17) is 23.2 Å². The van der Waals surface area contributed by atoms with Crippen molar-refractivity contribution in [1.29, 1.82) is 0 Å². The molecule has 0 aliphatic heterocycles. The number of benzene rings is 2. The summed E-state index contributed by atoms with van der Waals surface area (Å²) in [6.45, 7) is 0. The van der Waals surface area contributed by atoms with Gasteiger partial charge in [0.15, 0.2) is 5.82 Å². The van der Waals surface area contributed by atoms with Crippen LogP contribution in [0.2, 0.25) is 10.0 Å². The maximum Gasteiger partial charge on any atom is 0.165 e. The second kappa shape index (κ2) is 6.67. The number of nitrogens with zero attached hydrogens (tertiary/aromatic N) is 3. The lowest BCUT2D eigenvalue weighted by Crippen LogP contribution is -2.00. The van der Waals surface area contributed by atoms with E-state index in [2.05, 4.69) is 20.3 Å². The Balaban J connectivity index is 1.93. The third-order valence-electron chi connectivity index (χ3n) is 3.73. The fraction of sp³-hybridized carbons (Fsp3) is 0. The van der Waals surface area contributed by atoms with Crippen molar-refractivity contribution in [2.45, 2.75) is 0 Å². The van der Waals surface area contributed by atoms with Crippen molar-refractivity contribution < 1.29 is 0 Å². The first-order valence-electron chi connectivity index (χ1n) is 7.60. The Morgan fingerprint density at radius 1 is 0.760 bits per heavy atom. The Labute approximate surface area is 154 Å². The van der Waals surface area contributed by atoms with Crippen molar-refractivity contribution in [3.63, 3.8) is 0 Å². The summed E-state index contributed by atoms with van der Waals surface area (Å²) in [5.41, 5.74) is 2.31. The zero-order valence-electron chi connectivity index (χ0n) is 12.9. The maximum absolute atomic E-state index is 6.33. The molecule has 0 atom stereocenters. The van der Waals surface area contributed by atoms with Gasteiger partial charge >= 0.3 is 0 Å². The summed E-state index contributed by atoms with van der Waals surface area (Å²) in [7, 11) is 0. The fourth-order valence-corrected chi connectivity index (χ4v) is 3.13. The molecule has 0 amide bonds. The summed E-state index contributed by atoms with van der Waals surface area (Å²) >= 11 is 12.7. The average Bonchev–Trinajstić information content (AvgIpc) is 2.62. The third kappa shape index (κ3) is 3.14. The van der Waals surface area contributed by atoms with E-state index in [-0.39, 0.29) is 0 Å². The second-order valence-electron chi connectivity index (χ2n) is 5.37. The van der Waals surface area contributed by atoms with E-state index in [0.29, 0.717) is 27.3 Å². The van der Waals surface area contributed by atoms with Gasteiger partial charge in [-0.3, -0.25) is 4.98 Å². The van der Waals surface area contributed by atoms with Crippen LogP contribution in [-0.2, 0) is 0 Å². The van der Waals surface area contributed by atoms with E-state index in [1.54, 1.807) is 30.6 Å². The molecular weight excluding hydrogens is 355 g/mol. The summed E-state index contributed by atoms with van der Waals surface area (Å²) in [6.07, 6.45) is 3.44. The molecule has 2 heterocycles. The second-order valence-corrected chi connectivity index (χ2v) is 6.18. The Kier molecular flexibility index (Phi) is 4.22. The minimum absolute atomic E-state index is 0.478. The standard InChI is InChI=1S/C19H12Cl2N4/c20-14-5-3-6-15(21)17(14)19-24-16-7-2-1-4-13(16)18(25-19)23-12-8-10-22-11-9-12/h1-11H,(H,22,23,24,25). The van der Waals surface area contributed by atoms with Crippen LogP contribution in [0, 0.1) is 0 Å². The molecule has 0 aliphatic carbocycles. The quantitative estimate of drug-likeness (QED) is 0.502. The highest BCUT2D eigenvalue weighted by molar-refractivity contribution is 6.39. The van der Waals surface area contributed by atoms with Gasteiger partial charge < -0.3 is 5.32 Å². The number of anilines is 2. The molecule has 4 aromatic rings. The molecule has 25 heavy (non-hydrogen) atoms. The molecule has 0 saturated carbocycles. The van der Waals surface area contributed by atoms with Crippen LogP contribution in [0.4, 0.5) is 11.5 Å². The van der Waals surface area contributed by atoms with Crippen LogP contribution in [0.3, 0.4) is 0 Å². The molecular formula is C19H12Cl2N4. The van der Waals surface area contributed by atoms with Gasteiger partial charge in [0.25, 0.3) is 0 Å². The lowest BCUT2D eigenvalue weighted by Gasteiger charge is -2.12. The molecule has 4 nitrogen and oxygen atoms in total. The predicted octanol–water partition coefficient (Wildman–Crippen LogP) is 5.74. The smallest absolute Gasteiger partial charge is 0.165 e. The van der Waals surface area contributed by atoms with Gasteiger partial charge in [-0.25, -0.2) is 9.97 Å². The van der Waals surface area contributed by atoms with Crippen molar-refractivity contribution in [2.75, 3.05) is 5.32 Å². The van der Waals surface area contributed by atoms with Crippen LogP contribution in [0.25, 0.3) is 22.3 Å². The Morgan fingerprint density at radius 3 is 2.24 bits per heavy atom. The summed E-state index contributed by atoms with van der Waals surface area (Å²) in [5, 5.41) is 5.25. The van der Waals surface area contributed by atoms with E-state index < -0.39 is 0 Å². The summed E-state index contributed by atoms with van der Waals surface area (Å²) < 4.78 is 0. The first-order valence-corrected chi connectivity index (χ1v) is 8.36. The Bertz CT molecular complexity index is 1030. The van der Waals surface area contributed by atoms with Crippen molar-refractivity contribution in [3.05, 3.63) is 77.0 Å². The Hall–Kier alpha value is -2.69. The van der Waals surface area contributed by atoms with Crippen LogP contribution in [0.5, 0.6) is 0 Å². The van der Waals surface area contributed by atoms with Gasteiger partial charge in [0.05, 0.1) is 21.1 Å². The minimum Gasteiger partial charge on any atom is -0.340 e. The van der Waals surface area contributed by atoms with Crippen LogP contribution in [-0.4, -0.2) is 15.0 Å². The first kappa shape index (κ1) is 15.8. The van der Waals surface area contributed by atoms with E-state index in [1.165, 1.54) is 0 Å². The molecule has 4 rings (SSSR count). The topological polar surface area (TPSA) is 50.7 Å². The number of hydrogen-bond acceptors (Lipinski definition) is 4. The number of fused-ring (bicyclic) bond motifs is 1. The highest BCUT2D eigenvalue weighted by Gasteiger charge is 2.15. The lowest BCUT2D eigenvalue weighted by molar-refractivity contribution is 1.22. The number of aromatic nitrogens is 3. The molecule has 6 heteroatoms. The zero-order valence-corrected chi connectivity index (χ0v) is 14.5. The normalized spacial score (nSPS) is 10.8. The molecule has 0 unspecified atom stereocenters. The summed E-state index contributed by atoms with van der Waals surface area (Å²) in [5.74, 6) is 1.16. The van der Waals surface area contributed by atoms with Crippen LogP contribution in [0.15, 0.2) is 67.0 Å². The van der Waals surface area contributed by atoms with E-state index in [0.717, 1.165) is 16.6 Å². The molecule has 2 aromatic heterocycles. The predicted molar refractivity (Wildman–Crippen MR) is 103 cm³/mol. The lowest BCUT2D eigenvalue weighted by atomic mass is 10.1. The van der Waals surface area contributed by atoms with Gasteiger partial charge in [-0.15, -0.1) is 0 Å². The number of para-hydroxylation sites is 1. The van der Waals surface area contributed by atoms with Gasteiger partial charge in [-0.1, -0.05) is 41.4 Å². The number of pyridine rings is 1. The third-order valence-corrected chi connectivity index (χ3v) is 4.36. The largest absolute Gasteiger partial charge is 0.340 e. The summed E-state index contributed by atoms with van der Waals surface area (Å²) in [6, 6.07) is 16.9. The van der Waals surface area contributed by atoms with Crippen molar-refractivity contribution >= 4 is 45.6 Å². The van der Waals surface area contributed by atoms with E-state index >= 15 is 0 Å². The van der Waals surface area contributed by atoms with E-state index in [9.17, 15) is 0 Å². The molecule has 0 spiro atoms. The number of halogens is 2. The van der Waals surface area contributed by atoms with Crippen LogP contribution >= 0.6 is 23.2 Å². The SMILES string of the molecule is Clc1cccc(Cl)c1-c1nc(Nc2ccncc2)c2ccccc2n1. The van der Waals surface area contributed by atoms with Gasteiger partial charge in [-0.2, -0.15) is 0 Å². The first-order chi connectivity index (χ1) is 12.2. The molecule has 0 fully saturated rings. The van der Waals surface area contributed by atoms with Crippen LogP contribution < -0.4 is 5.32 Å². The maximum atomic E-state index is 6.33. The van der Waals surface area contributed by atoms with Crippen molar-refractivity contribution in [1.82, 2.24) is 15.0 Å². The molecule has 122 valence electrons. The van der Waals surface area contributed by atoms with Crippen molar-refractivity contribution in [3.8, 4) is 11.4 Å². The Morgan fingerprint density at radius 2 is 1.48 bits per heavy atom. The van der Waals surface area contributed by atoms with Gasteiger partial charge in [0.2, 0.25) is 0 Å². The zero-order chi connectivity index (χ0) is 17.2.